The number of imidazole rings is 1. The number of nitrogens with zero attached hydrogens (tertiary/aromatic N) is 2. The highest BCUT2D eigenvalue weighted by Crippen LogP contribution is 2.15. The Hall–Kier alpha value is -0.830. The summed E-state index contributed by atoms with van der Waals surface area (Å²) in [6, 6.07) is 0. The van der Waals surface area contributed by atoms with Gasteiger partial charge in [-0.15, -0.1) is 0 Å². The number of hydrogen-bond donors (Lipinski definition) is 1. The monoisotopic (exact) mass is 307 g/mol. The van der Waals surface area contributed by atoms with Crippen molar-refractivity contribution in [1.29, 1.82) is 0 Å². The van der Waals surface area contributed by atoms with E-state index in [9.17, 15) is 0 Å². The first-order chi connectivity index (χ1) is 10.7. The van der Waals surface area contributed by atoms with Gasteiger partial charge in [0.1, 0.15) is 5.82 Å². The number of aromatic nitrogens is 2. The summed E-state index contributed by atoms with van der Waals surface area (Å²) in [5.41, 5.74) is 7.37. The minimum atomic E-state index is 0.0846. The highest BCUT2D eigenvalue weighted by atomic mass is 15.2. The Labute approximate surface area is 137 Å². The van der Waals surface area contributed by atoms with Gasteiger partial charge in [0.2, 0.25) is 0 Å². The molecule has 0 saturated carbocycles. The molecule has 128 valence electrons. The Kier molecular flexibility index (Phi) is 10.2. The second-order valence-corrected chi connectivity index (χ2v) is 6.46. The molecule has 1 aromatic heterocycles. The summed E-state index contributed by atoms with van der Waals surface area (Å²) in [6.45, 7) is 6.57. The Morgan fingerprint density at radius 2 is 1.55 bits per heavy atom. The van der Waals surface area contributed by atoms with E-state index >= 15 is 0 Å². The van der Waals surface area contributed by atoms with E-state index in [1.165, 1.54) is 69.3 Å². The second-order valence-electron chi connectivity index (χ2n) is 6.46. The molecule has 0 fully saturated rings. The molecular formula is C19H37N3. The molecular weight excluding hydrogens is 270 g/mol. The van der Waals surface area contributed by atoms with E-state index in [0.29, 0.717) is 0 Å². The lowest BCUT2D eigenvalue weighted by Crippen LogP contribution is -2.19. The lowest BCUT2D eigenvalue weighted by atomic mass is 10.1. The van der Waals surface area contributed by atoms with E-state index in [4.69, 9.17) is 10.7 Å². The fourth-order valence-electron chi connectivity index (χ4n) is 2.92. The van der Waals surface area contributed by atoms with Crippen molar-refractivity contribution in [3.05, 3.63) is 17.7 Å². The van der Waals surface area contributed by atoms with Crippen LogP contribution in [0.4, 0.5) is 0 Å². The normalized spacial score (nSPS) is 12.7. The zero-order valence-electron chi connectivity index (χ0n) is 15.1. The van der Waals surface area contributed by atoms with Crippen LogP contribution in [0.5, 0.6) is 0 Å². The molecule has 22 heavy (non-hydrogen) atoms. The van der Waals surface area contributed by atoms with Gasteiger partial charge in [-0.3, -0.25) is 0 Å². The first-order valence-electron chi connectivity index (χ1n) is 9.55. The number of unbranched alkanes of at least 4 members (excludes halogenated alkanes) is 8. The Bertz CT molecular complexity index is 384. The van der Waals surface area contributed by atoms with Gasteiger partial charge >= 0.3 is 0 Å². The van der Waals surface area contributed by atoms with Gasteiger partial charge in [-0.05, 0) is 19.3 Å². The highest BCUT2D eigenvalue weighted by molar-refractivity contribution is 5.05. The van der Waals surface area contributed by atoms with E-state index in [-0.39, 0.29) is 6.17 Å². The van der Waals surface area contributed by atoms with E-state index in [0.717, 1.165) is 19.3 Å². The van der Waals surface area contributed by atoms with Gasteiger partial charge in [0.25, 0.3) is 0 Å². The molecule has 3 heteroatoms. The van der Waals surface area contributed by atoms with E-state index in [1.807, 2.05) is 0 Å². The molecule has 0 aliphatic rings. The standard InChI is InChI=1S/C19H37N3/c1-4-7-8-9-10-11-12-13-14-15-19-21-17(5-2)16-22(19)18(20)6-3/h16,18H,4-15,20H2,1-3H3. The molecule has 3 nitrogen and oxygen atoms in total. The molecule has 1 unspecified atom stereocenters. The molecule has 1 rings (SSSR count). The molecule has 1 aromatic rings. The van der Waals surface area contributed by atoms with E-state index in [1.54, 1.807) is 0 Å². The number of hydrogen-bond acceptors (Lipinski definition) is 2. The summed E-state index contributed by atoms with van der Waals surface area (Å²) in [5.74, 6) is 1.19. The fraction of sp³-hybridized carbons (Fsp3) is 0.842. The Morgan fingerprint density at radius 1 is 0.955 bits per heavy atom. The summed E-state index contributed by atoms with van der Waals surface area (Å²) in [7, 11) is 0. The molecule has 0 aliphatic heterocycles. The van der Waals surface area contributed by atoms with Crippen molar-refractivity contribution >= 4 is 0 Å². The van der Waals surface area contributed by atoms with Crippen LogP contribution in [0.1, 0.15) is 103 Å². The van der Waals surface area contributed by atoms with Crippen LogP contribution in [-0.2, 0) is 12.8 Å². The molecule has 0 bridgehead atoms. The van der Waals surface area contributed by atoms with E-state index < -0.39 is 0 Å². The summed E-state index contributed by atoms with van der Waals surface area (Å²) >= 11 is 0. The van der Waals surface area contributed by atoms with Gasteiger partial charge in [0, 0.05) is 12.6 Å². The molecule has 0 radical (unpaired) electrons. The summed E-state index contributed by atoms with van der Waals surface area (Å²) in [6.07, 6.45) is 17.6. The molecule has 0 aromatic carbocycles. The maximum atomic E-state index is 6.20. The van der Waals surface area contributed by atoms with Gasteiger partial charge < -0.3 is 10.3 Å². The molecule has 2 N–H and O–H groups in total. The lowest BCUT2D eigenvalue weighted by Gasteiger charge is -2.14. The maximum absolute atomic E-state index is 6.20. The molecule has 1 heterocycles. The first kappa shape index (κ1) is 19.2. The van der Waals surface area contributed by atoms with Crippen LogP contribution in [0.3, 0.4) is 0 Å². The molecule has 0 aliphatic carbocycles. The van der Waals surface area contributed by atoms with Crippen LogP contribution in [-0.4, -0.2) is 9.55 Å². The minimum Gasteiger partial charge on any atom is -0.319 e. The molecule has 1 atom stereocenters. The second kappa shape index (κ2) is 11.7. The zero-order chi connectivity index (χ0) is 16.2. The predicted octanol–water partition coefficient (Wildman–Crippen LogP) is 5.39. The largest absolute Gasteiger partial charge is 0.319 e. The lowest BCUT2D eigenvalue weighted by molar-refractivity contribution is 0.478. The predicted molar refractivity (Wildman–Crippen MR) is 96.1 cm³/mol. The Balaban J connectivity index is 2.22. The molecule has 0 saturated heterocycles. The van der Waals surface area contributed by atoms with Crippen molar-refractivity contribution in [2.24, 2.45) is 5.73 Å². The van der Waals surface area contributed by atoms with Crippen LogP contribution in [0.15, 0.2) is 6.20 Å². The van der Waals surface area contributed by atoms with E-state index in [2.05, 4.69) is 31.5 Å². The SMILES string of the molecule is CCCCCCCCCCCc1nc(CC)cn1C(N)CC. The van der Waals surface area contributed by atoms with Crippen molar-refractivity contribution in [1.82, 2.24) is 9.55 Å². The van der Waals surface area contributed by atoms with Crippen molar-refractivity contribution in [3.63, 3.8) is 0 Å². The smallest absolute Gasteiger partial charge is 0.110 e. The topological polar surface area (TPSA) is 43.8 Å². The number of rotatable bonds is 13. The zero-order valence-corrected chi connectivity index (χ0v) is 15.1. The van der Waals surface area contributed by atoms with Crippen molar-refractivity contribution in [3.8, 4) is 0 Å². The number of aryl methyl sites for hydroxylation is 2. The average molecular weight is 308 g/mol. The third-order valence-corrected chi connectivity index (χ3v) is 4.50. The van der Waals surface area contributed by atoms with Crippen LogP contribution in [0.2, 0.25) is 0 Å². The summed E-state index contributed by atoms with van der Waals surface area (Å²) in [4.78, 5) is 4.75. The summed E-state index contributed by atoms with van der Waals surface area (Å²) in [5, 5.41) is 0. The first-order valence-corrected chi connectivity index (χ1v) is 9.55. The van der Waals surface area contributed by atoms with Crippen LogP contribution >= 0.6 is 0 Å². The quantitative estimate of drug-likeness (QED) is 0.497. The van der Waals surface area contributed by atoms with Gasteiger partial charge in [0.05, 0.1) is 11.9 Å². The maximum Gasteiger partial charge on any atom is 0.110 e. The van der Waals surface area contributed by atoms with Gasteiger partial charge in [-0.25, -0.2) is 4.98 Å². The number of nitrogens with two attached hydrogens (primary N) is 1. The third-order valence-electron chi connectivity index (χ3n) is 4.50. The highest BCUT2D eigenvalue weighted by Gasteiger charge is 2.11. The van der Waals surface area contributed by atoms with Crippen LogP contribution < -0.4 is 5.73 Å². The van der Waals surface area contributed by atoms with Crippen LogP contribution in [0, 0.1) is 0 Å². The average Bonchev–Trinajstić information content (AvgIpc) is 2.96. The summed E-state index contributed by atoms with van der Waals surface area (Å²) < 4.78 is 2.20. The van der Waals surface area contributed by atoms with Crippen molar-refractivity contribution in [2.45, 2.75) is 104 Å². The Morgan fingerprint density at radius 3 is 2.09 bits per heavy atom. The molecule has 0 amide bonds. The van der Waals surface area contributed by atoms with Gasteiger partial charge in [0.15, 0.2) is 0 Å². The third kappa shape index (κ3) is 6.95. The van der Waals surface area contributed by atoms with Crippen molar-refractivity contribution < 1.29 is 0 Å². The van der Waals surface area contributed by atoms with Gasteiger partial charge in [-0.1, -0.05) is 72.1 Å². The molecule has 0 spiro atoms. The minimum absolute atomic E-state index is 0.0846. The van der Waals surface area contributed by atoms with Gasteiger partial charge in [-0.2, -0.15) is 0 Å². The van der Waals surface area contributed by atoms with Crippen molar-refractivity contribution in [2.75, 3.05) is 0 Å². The van der Waals surface area contributed by atoms with Crippen LogP contribution in [0.25, 0.3) is 0 Å². The fourth-order valence-corrected chi connectivity index (χ4v) is 2.92.